The standard InChI is InChI=1S/C17H23BFN3O4/c1-3-16(23)20-6-7-21-17(24)14-5-4-13(12-15(14)19)18-25-10-8-22(2)9-11-26-18/h3-5,12H,1,6-11H2,2H3,(H,20,23)(H,21,24). The van der Waals surface area contributed by atoms with Crippen LogP contribution < -0.4 is 16.1 Å². The Morgan fingerprint density at radius 1 is 1.27 bits per heavy atom. The second kappa shape index (κ2) is 10.1. The summed E-state index contributed by atoms with van der Waals surface area (Å²) in [6.07, 6.45) is 1.14. The van der Waals surface area contributed by atoms with Crippen molar-refractivity contribution in [3.05, 3.63) is 42.2 Å². The molecule has 0 atom stereocenters. The molecule has 0 saturated carbocycles. The zero-order chi connectivity index (χ0) is 18.9. The van der Waals surface area contributed by atoms with Gasteiger partial charge in [0, 0.05) is 39.4 Å². The lowest BCUT2D eigenvalue weighted by atomic mass is 9.78. The second-order valence-corrected chi connectivity index (χ2v) is 5.87. The first-order chi connectivity index (χ1) is 12.5. The third-order valence-electron chi connectivity index (χ3n) is 3.89. The Balaban J connectivity index is 1.92. The van der Waals surface area contributed by atoms with Crippen molar-refractivity contribution in [1.82, 2.24) is 15.5 Å². The van der Waals surface area contributed by atoms with Gasteiger partial charge in [-0.05, 0) is 30.7 Å². The average molecular weight is 363 g/mol. The summed E-state index contributed by atoms with van der Waals surface area (Å²) in [6, 6.07) is 4.28. The molecule has 2 N–H and O–H groups in total. The monoisotopic (exact) mass is 363 g/mol. The van der Waals surface area contributed by atoms with E-state index in [4.69, 9.17) is 9.31 Å². The van der Waals surface area contributed by atoms with Crippen molar-refractivity contribution in [2.75, 3.05) is 46.4 Å². The van der Waals surface area contributed by atoms with Crippen LogP contribution in [0.5, 0.6) is 0 Å². The number of hydrogen-bond donors (Lipinski definition) is 2. The summed E-state index contributed by atoms with van der Waals surface area (Å²) >= 11 is 0. The molecule has 1 heterocycles. The van der Waals surface area contributed by atoms with E-state index >= 15 is 0 Å². The topological polar surface area (TPSA) is 79.9 Å². The van der Waals surface area contributed by atoms with Gasteiger partial charge >= 0.3 is 7.12 Å². The number of rotatable bonds is 6. The maximum Gasteiger partial charge on any atom is 0.494 e. The van der Waals surface area contributed by atoms with Gasteiger partial charge in [-0.1, -0.05) is 12.6 Å². The van der Waals surface area contributed by atoms with Crippen LogP contribution in [0, 0.1) is 5.82 Å². The van der Waals surface area contributed by atoms with Gasteiger partial charge in [0.1, 0.15) is 5.82 Å². The van der Waals surface area contributed by atoms with E-state index in [1.807, 2.05) is 7.05 Å². The lowest BCUT2D eigenvalue weighted by Gasteiger charge is -2.24. The Morgan fingerprint density at radius 3 is 2.54 bits per heavy atom. The van der Waals surface area contributed by atoms with Crippen LogP contribution in [0.2, 0.25) is 0 Å². The van der Waals surface area contributed by atoms with E-state index in [9.17, 15) is 14.0 Å². The van der Waals surface area contributed by atoms with Crippen molar-refractivity contribution >= 4 is 24.4 Å². The predicted octanol–water partition coefficient (Wildman–Crippen LogP) is -0.468. The highest BCUT2D eigenvalue weighted by molar-refractivity contribution is 6.61. The van der Waals surface area contributed by atoms with Crippen LogP contribution >= 0.6 is 0 Å². The molecule has 0 radical (unpaired) electrons. The molecule has 0 unspecified atom stereocenters. The summed E-state index contributed by atoms with van der Waals surface area (Å²) in [6.45, 7) is 6.22. The first-order valence-corrected chi connectivity index (χ1v) is 8.41. The average Bonchev–Trinajstić information content (AvgIpc) is 2.61. The number of nitrogens with one attached hydrogen (secondary N) is 2. The highest BCUT2D eigenvalue weighted by atomic mass is 19.1. The summed E-state index contributed by atoms with van der Waals surface area (Å²) in [5.74, 6) is -1.54. The Labute approximate surface area is 152 Å². The van der Waals surface area contributed by atoms with Gasteiger partial charge in [0.25, 0.3) is 5.91 Å². The molecule has 0 aromatic heterocycles. The molecule has 2 amide bonds. The van der Waals surface area contributed by atoms with Crippen molar-refractivity contribution in [2.24, 2.45) is 0 Å². The molecule has 0 aliphatic carbocycles. The molecule has 1 aliphatic heterocycles. The zero-order valence-electron chi connectivity index (χ0n) is 14.8. The molecule has 0 spiro atoms. The van der Waals surface area contributed by atoms with Gasteiger partial charge in [-0.3, -0.25) is 9.59 Å². The number of nitrogens with zero attached hydrogens (tertiary/aromatic N) is 1. The van der Waals surface area contributed by atoms with Gasteiger partial charge in [-0.25, -0.2) is 4.39 Å². The van der Waals surface area contributed by atoms with Crippen molar-refractivity contribution in [1.29, 1.82) is 0 Å². The molecule has 1 fully saturated rings. The Bertz CT molecular complexity index is 649. The van der Waals surface area contributed by atoms with Crippen LogP contribution in [0.1, 0.15) is 10.4 Å². The van der Waals surface area contributed by atoms with Gasteiger partial charge in [-0.15, -0.1) is 0 Å². The first-order valence-electron chi connectivity index (χ1n) is 8.41. The molecule has 2 rings (SSSR count). The highest BCUT2D eigenvalue weighted by Gasteiger charge is 2.25. The normalized spacial score (nSPS) is 15.7. The fourth-order valence-corrected chi connectivity index (χ4v) is 2.37. The second-order valence-electron chi connectivity index (χ2n) is 5.87. The Kier molecular flexibility index (Phi) is 7.77. The number of benzene rings is 1. The van der Waals surface area contributed by atoms with Crippen LogP contribution in [0.25, 0.3) is 0 Å². The third kappa shape index (κ3) is 5.94. The first kappa shape index (κ1) is 20.1. The van der Waals surface area contributed by atoms with Crippen LogP contribution in [0.4, 0.5) is 4.39 Å². The number of carbonyl (C=O) groups is 2. The maximum atomic E-state index is 14.3. The van der Waals surface area contributed by atoms with Gasteiger partial charge in [0.15, 0.2) is 0 Å². The minimum absolute atomic E-state index is 0.0747. The molecule has 140 valence electrons. The van der Waals surface area contributed by atoms with E-state index in [2.05, 4.69) is 22.1 Å². The number of halogens is 1. The van der Waals surface area contributed by atoms with E-state index in [0.717, 1.165) is 19.2 Å². The van der Waals surface area contributed by atoms with E-state index in [1.54, 1.807) is 6.07 Å². The van der Waals surface area contributed by atoms with Crippen molar-refractivity contribution in [2.45, 2.75) is 0 Å². The molecule has 1 aromatic rings. The molecular weight excluding hydrogens is 340 g/mol. The number of amides is 2. The van der Waals surface area contributed by atoms with E-state index in [0.29, 0.717) is 18.7 Å². The van der Waals surface area contributed by atoms with Crippen molar-refractivity contribution in [3.63, 3.8) is 0 Å². The van der Waals surface area contributed by atoms with E-state index in [1.165, 1.54) is 12.1 Å². The smallest absolute Gasteiger partial charge is 0.406 e. The third-order valence-corrected chi connectivity index (χ3v) is 3.89. The fourth-order valence-electron chi connectivity index (χ4n) is 2.37. The molecule has 26 heavy (non-hydrogen) atoms. The number of carbonyl (C=O) groups excluding carboxylic acids is 2. The van der Waals surface area contributed by atoms with Crippen LogP contribution in [-0.4, -0.2) is 70.3 Å². The molecule has 1 aliphatic rings. The van der Waals surface area contributed by atoms with Gasteiger partial charge < -0.3 is 24.8 Å². The van der Waals surface area contributed by atoms with Crippen LogP contribution in [-0.2, 0) is 14.1 Å². The largest absolute Gasteiger partial charge is 0.494 e. The van der Waals surface area contributed by atoms with Gasteiger partial charge in [0.2, 0.25) is 5.91 Å². The molecule has 0 bridgehead atoms. The molecule has 1 aromatic carbocycles. The Morgan fingerprint density at radius 2 is 1.92 bits per heavy atom. The van der Waals surface area contributed by atoms with Crippen molar-refractivity contribution < 1.29 is 23.3 Å². The van der Waals surface area contributed by atoms with E-state index in [-0.39, 0.29) is 24.6 Å². The molecule has 1 saturated heterocycles. The molecule has 7 nitrogen and oxygen atoms in total. The van der Waals surface area contributed by atoms with E-state index < -0.39 is 18.8 Å². The summed E-state index contributed by atoms with van der Waals surface area (Å²) in [5, 5.41) is 5.06. The molecule has 9 heteroatoms. The Hall–Kier alpha value is -2.23. The number of hydrogen-bond acceptors (Lipinski definition) is 5. The van der Waals surface area contributed by atoms with Crippen LogP contribution in [0.15, 0.2) is 30.9 Å². The summed E-state index contributed by atoms with van der Waals surface area (Å²) in [5.41, 5.74) is 0.455. The summed E-state index contributed by atoms with van der Waals surface area (Å²) in [7, 11) is 1.33. The van der Waals surface area contributed by atoms with Gasteiger partial charge in [-0.2, -0.15) is 0 Å². The summed E-state index contributed by atoms with van der Waals surface area (Å²) in [4.78, 5) is 25.1. The lowest BCUT2D eigenvalue weighted by molar-refractivity contribution is -0.116. The van der Waals surface area contributed by atoms with Gasteiger partial charge in [0.05, 0.1) is 5.56 Å². The number of likely N-dealkylation sites (N-methyl/N-ethyl adjacent to an activating group) is 1. The molecular formula is C17H23BFN3O4. The SMILES string of the molecule is C=CC(=O)NCCNC(=O)c1ccc(B2OCCN(C)CCO2)cc1F. The fraction of sp³-hybridized carbons (Fsp3) is 0.412. The van der Waals surface area contributed by atoms with Crippen molar-refractivity contribution in [3.8, 4) is 0 Å². The summed E-state index contributed by atoms with van der Waals surface area (Å²) < 4.78 is 25.6. The quantitative estimate of drug-likeness (QED) is 0.406. The lowest BCUT2D eigenvalue weighted by Crippen LogP contribution is -2.44. The zero-order valence-corrected chi connectivity index (χ0v) is 14.8. The van der Waals surface area contributed by atoms with Crippen LogP contribution in [0.3, 0.4) is 0 Å². The minimum Gasteiger partial charge on any atom is -0.406 e. The predicted molar refractivity (Wildman–Crippen MR) is 96.7 cm³/mol. The maximum absolute atomic E-state index is 14.3. The minimum atomic E-state index is -0.651. The highest BCUT2D eigenvalue weighted by Crippen LogP contribution is 2.07.